The molecule has 0 heterocycles. The molecule has 10 heteroatoms. The Labute approximate surface area is 416 Å². The minimum absolute atomic E-state index is 0.0220. The molecule has 0 radical (unpaired) electrons. The first-order valence-corrected chi connectivity index (χ1v) is 28.1. The van der Waals surface area contributed by atoms with Crippen LogP contribution in [0.4, 0.5) is 0 Å². The average Bonchev–Trinajstić information content (AvgIpc) is 3.30. The zero-order valence-corrected chi connectivity index (χ0v) is 44.7. The molecule has 0 bridgehead atoms. The number of unbranched alkanes of at least 4 members (excludes halogenated alkanes) is 15. The Balaban J connectivity index is 4.27. The van der Waals surface area contributed by atoms with Crippen molar-refractivity contribution >= 4 is 19.8 Å². The highest BCUT2D eigenvalue weighted by atomic mass is 31.2. The second kappa shape index (κ2) is 48.7. The van der Waals surface area contributed by atoms with E-state index in [9.17, 15) is 19.0 Å². The second-order valence-electron chi connectivity index (χ2n) is 18.5. The minimum atomic E-state index is -4.39. The third-order valence-electron chi connectivity index (χ3n) is 10.8. The summed E-state index contributed by atoms with van der Waals surface area (Å²) in [5.41, 5.74) is 0. The first kappa shape index (κ1) is 64.7. The summed E-state index contributed by atoms with van der Waals surface area (Å²) in [6.45, 7) is 4.17. The highest BCUT2D eigenvalue weighted by Crippen LogP contribution is 2.43. The molecule has 0 aliphatic carbocycles. The summed E-state index contributed by atoms with van der Waals surface area (Å²) in [6, 6.07) is 0. The van der Waals surface area contributed by atoms with Crippen LogP contribution in [0.25, 0.3) is 0 Å². The van der Waals surface area contributed by atoms with Gasteiger partial charge in [-0.15, -0.1) is 0 Å². The lowest BCUT2D eigenvalue weighted by Gasteiger charge is -2.24. The van der Waals surface area contributed by atoms with Crippen LogP contribution in [0.3, 0.4) is 0 Å². The van der Waals surface area contributed by atoms with Gasteiger partial charge in [0.05, 0.1) is 27.7 Å². The van der Waals surface area contributed by atoms with E-state index in [4.69, 9.17) is 18.5 Å². The van der Waals surface area contributed by atoms with Crippen molar-refractivity contribution < 1.29 is 42.1 Å². The van der Waals surface area contributed by atoms with Gasteiger partial charge in [-0.25, -0.2) is 4.57 Å². The molecule has 0 fully saturated rings. The van der Waals surface area contributed by atoms with Crippen LogP contribution in [0.2, 0.25) is 0 Å². The first-order chi connectivity index (χ1) is 33.0. The van der Waals surface area contributed by atoms with Crippen LogP contribution in [-0.4, -0.2) is 74.9 Å². The van der Waals surface area contributed by atoms with Gasteiger partial charge in [-0.05, 0) is 96.3 Å². The number of rotatable bonds is 47. The fourth-order valence-corrected chi connectivity index (χ4v) is 7.48. The van der Waals surface area contributed by atoms with Crippen molar-refractivity contribution in [2.45, 2.75) is 200 Å². The molecule has 0 rings (SSSR count). The molecular formula is C58H99NO8P+. The number of phosphoric ester groups is 1. The maximum atomic E-state index is 12.8. The van der Waals surface area contributed by atoms with Gasteiger partial charge in [0.25, 0.3) is 0 Å². The standard InChI is InChI=1S/C58H98NO8P/c1-6-8-10-12-14-16-18-20-22-24-25-26-27-28-29-30-31-32-33-35-37-39-41-43-45-47-49-51-58(61)67-56(55-66-68(62,63)65-53-52-59(3,4)5)54-64-57(60)50-48-46-44-42-40-38-36-34-23-21-19-17-15-13-11-9-7-2/h8-11,14-17,20-23,25-26,28-29,31-32,56H,6-7,12-13,18-19,24,27,30,33-55H2,1-5H3/p+1/b10-8-,11-9-,16-14-,17-15-,22-20-,23-21-,26-25-,29-28-,32-31-. The Morgan fingerprint density at radius 3 is 1.18 bits per heavy atom. The lowest BCUT2D eigenvalue weighted by atomic mass is 10.1. The quantitative estimate of drug-likeness (QED) is 0.0211. The van der Waals surface area contributed by atoms with Gasteiger partial charge in [0.1, 0.15) is 19.8 Å². The summed E-state index contributed by atoms with van der Waals surface area (Å²) in [6.07, 6.45) is 67.1. The molecule has 0 aromatic heterocycles. The number of carbonyl (C=O) groups is 2. The molecule has 0 amide bonds. The number of carbonyl (C=O) groups excluding carboxylic acids is 2. The van der Waals surface area contributed by atoms with Crippen LogP contribution < -0.4 is 0 Å². The molecule has 0 aromatic carbocycles. The molecule has 0 aliphatic rings. The van der Waals surface area contributed by atoms with Crippen molar-refractivity contribution in [3.05, 3.63) is 109 Å². The van der Waals surface area contributed by atoms with Gasteiger partial charge in [0.15, 0.2) is 6.10 Å². The maximum absolute atomic E-state index is 12.8. The number of nitrogens with zero attached hydrogens (tertiary/aromatic N) is 1. The fourth-order valence-electron chi connectivity index (χ4n) is 6.74. The molecule has 0 saturated heterocycles. The van der Waals surface area contributed by atoms with E-state index in [1.54, 1.807) is 0 Å². The number of hydrogen-bond acceptors (Lipinski definition) is 7. The fraction of sp³-hybridized carbons (Fsp3) is 0.655. The smallest absolute Gasteiger partial charge is 0.462 e. The van der Waals surface area contributed by atoms with Gasteiger partial charge < -0.3 is 18.9 Å². The molecule has 388 valence electrons. The number of esters is 2. The molecule has 0 aliphatic heterocycles. The van der Waals surface area contributed by atoms with Gasteiger partial charge in [0, 0.05) is 12.8 Å². The highest BCUT2D eigenvalue weighted by Gasteiger charge is 2.27. The Morgan fingerprint density at radius 2 is 0.794 bits per heavy atom. The predicted octanol–water partition coefficient (Wildman–Crippen LogP) is 16.2. The lowest BCUT2D eigenvalue weighted by Crippen LogP contribution is -2.37. The number of allylic oxidation sites excluding steroid dienone is 18. The van der Waals surface area contributed by atoms with Crippen LogP contribution in [-0.2, 0) is 32.7 Å². The second-order valence-corrected chi connectivity index (χ2v) is 19.9. The average molecular weight is 969 g/mol. The van der Waals surface area contributed by atoms with Gasteiger partial charge >= 0.3 is 19.8 Å². The van der Waals surface area contributed by atoms with Crippen molar-refractivity contribution in [3.63, 3.8) is 0 Å². The summed E-state index contributed by atoms with van der Waals surface area (Å²) in [7, 11) is 1.45. The zero-order valence-electron chi connectivity index (χ0n) is 43.8. The van der Waals surface area contributed by atoms with Crippen LogP contribution in [0.5, 0.6) is 0 Å². The number of phosphoric acid groups is 1. The van der Waals surface area contributed by atoms with E-state index in [0.717, 1.165) is 116 Å². The summed E-state index contributed by atoms with van der Waals surface area (Å²) in [4.78, 5) is 35.6. The highest BCUT2D eigenvalue weighted by molar-refractivity contribution is 7.47. The van der Waals surface area contributed by atoms with Crippen LogP contribution in [0.1, 0.15) is 194 Å². The minimum Gasteiger partial charge on any atom is -0.462 e. The Bertz CT molecular complexity index is 1520. The maximum Gasteiger partial charge on any atom is 0.472 e. The van der Waals surface area contributed by atoms with Gasteiger partial charge in [-0.3, -0.25) is 18.6 Å². The van der Waals surface area contributed by atoms with Crippen molar-refractivity contribution in [3.8, 4) is 0 Å². The molecule has 0 spiro atoms. The Morgan fingerprint density at radius 1 is 0.456 bits per heavy atom. The van der Waals surface area contributed by atoms with Gasteiger partial charge in [0.2, 0.25) is 0 Å². The number of ether oxygens (including phenoxy) is 2. The zero-order chi connectivity index (χ0) is 49.9. The summed E-state index contributed by atoms with van der Waals surface area (Å²) < 4.78 is 34.5. The van der Waals surface area contributed by atoms with Crippen molar-refractivity contribution in [1.82, 2.24) is 0 Å². The van der Waals surface area contributed by atoms with Crippen LogP contribution >= 0.6 is 7.82 Å². The van der Waals surface area contributed by atoms with Gasteiger partial charge in [-0.2, -0.15) is 0 Å². The van der Waals surface area contributed by atoms with E-state index < -0.39 is 26.5 Å². The van der Waals surface area contributed by atoms with Gasteiger partial charge in [-0.1, -0.05) is 194 Å². The summed E-state index contributed by atoms with van der Waals surface area (Å²) >= 11 is 0. The lowest BCUT2D eigenvalue weighted by molar-refractivity contribution is -0.870. The van der Waals surface area contributed by atoms with E-state index in [-0.39, 0.29) is 32.0 Å². The number of hydrogen-bond donors (Lipinski definition) is 1. The van der Waals surface area contributed by atoms with Crippen molar-refractivity contribution in [1.29, 1.82) is 0 Å². The monoisotopic (exact) mass is 969 g/mol. The Kier molecular flexibility index (Phi) is 46.3. The van der Waals surface area contributed by atoms with Crippen molar-refractivity contribution in [2.24, 2.45) is 0 Å². The predicted molar refractivity (Wildman–Crippen MR) is 288 cm³/mol. The van der Waals surface area contributed by atoms with E-state index >= 15 is 0 Å². The van der Waals surface area contributed by atoms with Crippen LogP contribution in [0, 0.1) is 0 Å². The first-order valence-electron chi connectivity index (χ1n) is 26.6. The molecule has 9 nitrogen and oxygen atoms in total. The largest absolute Gasteiger partial charge is 0.472 e. The SMILES string of the molecule is CC/C=C\C/C=C\C/C=C\C/C=C\C/C=C\C/C=C\CCCCCCCCCCC(=O)OC(COC(=O)CCCCCCCCC/C=C\C/C=C\C/C=C\CC)COP(=O)(O)OCC[N+](C)(C)C. The summed E-state index contributed by atoms with van der Waals surface area (Å²) in [5.74, 6) is -0.827. The van der Waals surface area contributed by atoms with E-state index in [0.29, 0.717) is 17.4 Å². The normalized spacial score (nSPS) is 14.3. The van der Waals surface area contributed by atoms with E-state index in [1.807, 2.05) is 21.1 Å². The molecule has 0 aromatic rings. The Hall–Kier alpha value is -3.33. The van der Waals surface area contributed by atoms with E-state index in [2.05, 4.69) is 123 Å². The molecule has 2 unspecified atom stereocenters. The topological polar surface area (TPSA) is 108 Å². The number of likely N-dealkylation sites (N-methyl/N-ethyl adjacent to an activating group) is 1. The molecule has 2 atom stereocenters. The molecular weight excluding hydrogens is 870 g/mol. The molecule has 0 saturated carbocycles. The number of quaternary nitrogens is 1. The molecule has 68 heavy (non-hydrogen) atoms. The third kappa shape index (κ3) is 52.0. The van der Waals surface area contributed by atoms with Crippen molar-refractivity contribution in [2.75, 3.05) is 47.5 Å². The third-order valence-corrected chi connectivity index (χ3v) is 11.8. The molecule has 1 N–H and O–H groups in total. The van der Waals surface area contributed by atoms with E-state index in [1.165, 1.54) is 44.9 Å². The van der Waals surface area contributed by atoms with Crippen LogP contribution in [0.15, 0.2) is 109 Å². The summed E-state index contributed by atoms with van der Waals surface area (Å²) in [5, 5.41) is 0.